The highest BCUT2D eigenvalue weighted by Crippen LogP contribution is 2.32. The third-order valence-corrected chi connectivity index (χ3v) is 3.73. The van der Waals surface area contributed by atoms with E-state index < -0.39 is 0 Å². The van der Waals surface area contributed by atoms with Crippen molar-refractivity contribution in [1.29, 1.82) is 5.26 Å². The summed E-state index contributed by atoms with van der Waals surface area (Å²) < 4.78 is 5.41. The molecule has 1 aromatic rings. The zero-order valence-electron chi connectivity index (χ0n) is 12.0. The molecule has 1 N–H and O–H groups in total. The van der Waals surface area contributed by atoms with E-state index in [9.17, 15) is 10.4 Å². The normalized spacial score (nSPS) is 18.0. The molecule has 1 heterocycles. The van der Waals surface area contributed by atoms with E-state index in [-0.39, 0.29) is 11.8 Å². The Kier molecular flexibility index (Phi) is 5.25. The molecule has 0 bridgehead atoms. The average molecular weight is 274 g/mol. The van der Waals surface area contributed by atoms with Crippen molar-refractivity contribution in [1.82, 2.24) is 4.90 Å². The van der Waals surface area contributed by atoms with E-state index in [4.69, 9.17) is 4.74 Å². The summed E-state index contributed by atoms with van der Waals surface area (Å²) in [5.41, 5.74) is 0.899. The molecule has 1 fully saturated rings. The standard InChI is InChI=1S/C16H22N2O2/c1-2-20-16-11-13(7-8-15(16)19)14(12-17)18-9-5-3-4-6-10-18/h7-8,11,14,19H,2-6,9-10H2,1H3. The Bertz CT molecular complexity index is 474. The van der Waals surface area contributed by atoms with Crippen LogP contribution in [0.3, 0.4) is 0 Å². The predicted octanol–water partition coefficient (Wildman–Crippen LogP) is 3.23. The summed E-state index contributed by atoms with van der Waals surface area (Å²) >= 11 is 0. The second kappa shape index (κ2) is 7.16. The Morgan fingerprint density at radius 2 is 2.00 bits per heavy atom. The SMILES string of the molecule is CCOc1cc(C(C#N)N2CCCCCC2)ccc1O. The molecule has 4 nitrogen and oxygen atoms in total. The zero-order chi connectivity index (χ0) is 14.4. The van der Waals surface area contributed by atoms with Crippen molar-refractivity contribution >= 4 is 0 Å². The highest BCUT2D eigenvalue weighted by atomic mass is 16.5. The average Bonchev–Trinajstić information content (AvgIpc) is 2.72. The highest BCUT2D eigenvalue weighted by molar-refractivity contribution is 5.43. The minimum absolute atomic E-state index is 0.128. The van der Waals surface area contributed by atoms with Crippen molar-refractivity contribution in [3.05, 3.63) is 23.8 Å². The maximum absolute atomic E-state index is 9.75. The van der Waals surface area contributed by atoms with Crippen molar-refractivity contribution in [3.8, 4) is 17.6 Å². The fraction of sp³-hybridized carbons (Fsp3) is 0.562. The van der Waals surface area contributed by atoms with E-state index in [1.165, 1.54) is 12.8 Å². The molecule has 4 heteroatoms. The van der Waals surface area contributed by atoms with Crippen LogP contribution >= 0.6 is 0 Å². The quantitative estimate of drug-likeness (QED) is 0.915. The number of nitriles is 1. The van der Waals surface area contributed by atoms with Gasteiger partial charge in [0.05, 0.1) is 12.7 Å². The molecule has 0 radical (unpaired) electrons. The Hall–Kier alpha value is -1.73. The molecule has 1 aromatic carbocycles. The van der Waals surface area contributed by atoms with Gasteiger partial charge in [-0.05, 0) is 50.6 Å². The number of hydrogen-bond donors (Lipinski definition) is 1. The molecule has 1 aliphatic rings. The maximum atomic E-state index is 9.75. The first kappa shape index (κ1) is 14.7. The van der Waals surface area contributed by atoms with Gasteiger partial charge in [-0.2, -0.15) is 5.26 Å². The van der Waals surface area contributed by atoms with Crippen molar-refractivity contribution in [2.24, 2.45) is 0 Å². The Morgan fingerprint density at radius 1 is 1.30 bits per heavy atom. The monoisotopic (exact) mass is 274 g/mol. The number of nitrogens with zero attached hydrogens (tertiary/aromatic N) is 2. The lowest BCUT2D eigenvalue weighted by Gasteiger charge is -2.26. The first-order valence-electron chi connectivity index (χ1n) is 7.35. The second-order valence-corrected chi connectivity index (χ2v) is 5.14. The fourth-order valence-corrected chi connectivity index (χ4v) is 2.69. The molecule has 1 aliphatic heterocycles. The van der Waals surface area contributed by atoms with Crippen LogP contribution in [0.4, 0.5) is 0 Å². The van der Waals surface area contributed by atoms with Crippen molar-refractivity contribution in [2.45, 2.75) is 38.6 Å². The molecule has 0 aromatic heterocycles. The molecule has 1 unspecified atom stereocenters. The summed E-state index contributed by atoms with van der Waals surface area (Å²) in [7, 11) is 0. The molecule has 108 valence electrons. The minimum Gasteiger partial charge on any atom is -0.504 e. The van der Waals surface area contributed by atoms with Gasteiger partial charge in [0.15, 0.2) is 11.5 Å². The number of ether oxygens (including phenoxy) is 1. The minimum atomic E-state index is -0.257. The van der Waals surface area contributed by atoms with E-state index in [2.05, 4.69) is 11.0 Å². The Balaban J connectivity index is 2.22. The molecule has 1 saturated heterocycles. The first-order valence-corrected chi connectivity index (χ1v) is 7.35. The smallest absolute Gasteiger partial charge is 0.161 e. The topological polar surface area (TPSA) is 56.5 Å². The summed E-state index contributed by atoms with van der Waals surface area (Å²) in [6.45, 7) is 4.30. The maximum Gasteiger partial charge on any atom is 0.161 e. The molecule has 0 amide bonds. The lowest BCUT2D eigenvalue weighted by Crippen LogP contribution is -2.28. The number of hydrogen-bond acceptors (Lipinski definition) is 4. The van der Waals surface area contributed by atoms with E-state index >= 15 is 0 Å². The van der Waals surface area contributed by atoms with Gasteiger partial charge in [-0.15, -0.1) is 0 Å². The van der Waals surface area contributed by atoms with E-state index in [1.54, 1.807) is 12.1 Å². The lowest BCUT2D eigenvalue weighted by atomic mass is 10.1. The van der Waals surface area contributed by atoms with E-state index in [0.29, 0.717) is 12.4 Å². The van der Waals surface area contributed by atoms with Crippen molar-refractivity contribution in [3.63, 3.8) is 0 Å². The molecule has 1 atom stereocenters. The summed E-state index contributed by atoms with van der Waals surface area (Å²) in [5.74, 6) is 0.586. The van der Waals surface area contributed by atoms with Crippen LogP contribution in [0.15, 0.2) is 18.2 Å². The molecule has 0 saturated carbocycles. The molecule has 0 aliphatic carbocycles. The molecular weight excluding hydrogens is 252 g/mol. The number of aromatic hydroxyl groups is 1. The van der Waals surface area contributed by atoms with Crippen LogP contribution in [-0.2, 0) is 0 Å². The Morgan fingerprint density at radius 3 is 2.60 bits per heavy atom. The highest BCUT2D eigenvalue weighted by Gasteiger charge is 2.22. The van der Waals surface area contributed by atoms with Gasteiger partial charge in [0.25, 0.3) is 0 Å². The lowest BCUT2D eigenvalue weighted by molar-refractivity contribution is 0.244. The van der Waals surface area contributed by atoms with Gasteiger partial charge >= 0.3 is 0 Å². The van der Waals surface area contributed by atoms with Crippen LogP contribution in [0, 0.1) is 11.3 Å². The molecule has 2 rings (SSSR count). The third kappa shape index (κ3) is 3.43. The summed E-state index contributed by atoms with van der Waals surface area (Å²) in [6.07, 6.45) is 4.78. The summed E-state index contributed by atoms with van der Waals surface area (Å²) in [4.78, 5) is 2.23. The van der Waals surface area contributed by atoms with Gasteiger partial charge in [0.1, 0.15) is 6.04 Å². The molecular formula is C16H22N2O2. The number of rotatable bonds is 4. The van der Waals surface area contributed by atoms with E-state index in [1.807, 2.05) is 13.0 Å². The van der Waals surface area contributed by atoms with Gasteiger partial charge in [-0.25, -0.2) is 0 Å². The molecule has 0 spiro atoms. The fourth-order valence-electron chi connectivity index (χ4n) is 2.69. The number of phenols is 1. The number of likely N-dealkylation sites (tertiary alicyclic amines) is 1. The number of benzene rings is 1. The predicted molar refractivity (Wildman–Crippen MR) is 77.7 cm³/mol. The van der Waals surface area contributed by atoms with Gasteiger partial charge < -0.3 is 9.84 Å². The van der Waals surface area contributed by atoms with Gasteiger partial charge in [-0.3, -0.25) is 4.90 Å². The molecule has 20 heavy (non-hydrogen) atoms. The van der Waals surface area contributed by atoms with Crippen LogP contribution in [0.25, 0.3) is 0 Å². The van der Waals surface area contributed by atoms with Gasteiger partial charge in [-0.1, -0.05) is 18.9 Å². The first-order chi connectivity index (χ1) is 9.76. The second-order valence-electron chi connectivity index (χ2n) is 5.14. The zero-order valence-corrected chi connectivity index (χ0v) is 12.0. The van der Waals surface area contributed by atoms with Crippen LogP contribution in [0.1, 0.15) is 44.2 Å². The van der Waals surface area contributed by atoms with Crippen LogP contribution in [-0.4, -0.2) is 29.7 Å². The largest absolute Gasteiger partial charge is 0.504 e. The van der Waals surface area contributed by atoms with Gasteiger partial charge in [0, 0.05) is 0 Å². The van der Waals surface area contributed by atoms with Crippen molar-refractivity contribution in [2.75, 3.05) is 19.7 Å². The summed E-state index contributed by atoms with van der Waals surface area (Å²) in [6, 6.07) is 7.36. The van der Waals surface area contributed by atoms with Crippen LogP contribution < -0.4 is 4.74 Å². The van der Waals surface area contributed by atoms with Crippen LogP contribution in [0.2, 0.25) is 0 Å². The van der Waals surface area contributed by atoms with Crippen molar-refractivity contribution < 1.29 is 9.84 Å². The number of phenolic OH excluding ortho intramolecular Hbond substituents is 1. The third-order valence-electron chi connectivity index (χ3n) is 3.73. The summed E-state index contributed by atoms with van der Waals surface area (Å²) in [5, 5.41) is 19.3. The van der Waals surface area contributed by atoms with Gasteiger partial charge in [0.2, 0.25) is 0 Å². The van der Waals surface area contributed by atoms with E-state index in [0.717, 1.165) is 31.5 Å². The van der Waals surface area contributed by atoms with Crippen LogP contribution in [0.5, 0.6) is 11.5 Å². The Labute approximate surface area is 120 Å².